The molecule has 0 aliphatic carbocycles. The lowest BCUT2D eigenvalue weighted by Gasteiger charge is -2.26. The van der Waals surface area contributed by atoms with Crippen molar-refractivity contribution in [2.24, 2.45) is 0 Å². The van der Waals surface area contributed by atoms with Gasteiger partial charge in [0.1, 0.15) is 12.4 Å². The van der Waals surface area contributed by atoms with Gasteiger partial charge in [-0.2, -0.15) is 0 Å². The van der Waals surface area contributed by atoms with Crippen molar-refractivity contribution in [1.82, 2.24) is 0 Å². The molecule has 0 unspecified atom stereocenters. The number of sulfonamides is 1. The molecule has 0 bridgehead atoms. The number of hydrogen-bond donors (Lipinski definition) is 1. The minimum Gasteiger partial charge on any atom is -0.322 e. The van der Waals surface area contributed by atoms with Crippen molar-refractivity contribution in [3.8, 4) is 0 Å². The topological polar surface area (TPSA) is 66.5 Å². The molecule has 0 atom stereocenters. The summed E-state index contributed by atoms with van der Waals surface area (Å²) in [6.07, 6.45) is 0. The van der Waals surface area contributed by atoms with Gasteiger partial charge < -0.3 is 5.32 Å². The van der Waals surface area contributed by atoms with E-state index in [2.05, 4.69) is 5.32 Å². The molecule has 5 nitrogen and oxygen atoms in total. The predicted molar refractivity (Wildman–Crippen MR) is 117 cm³/mol. The van der Waals surface area contributed by atoms with Crippen LogP contribution in [0, 0.1) is 26.6 Å². The minimum atomic E-state index is -4.02. The lowest BCUT2D eigenvalue weighted by atomic mass is 10.1. The van der Waals surface area contributed by atoms with Gasteiger partial charge >= 0.3 is 0 Å². The monoisotopic (exact) mass is 426 g/mol. The van der Waals surface area contributed by atoms with E-state index in [1.165, 1.54) is 30.3 Å². The van der Waals surface area contributed by atoms with Crippen molar-refractivity contribution in [2.75, 3.05) is 16.2 Å². The molecule has 3 aromatic carbocycles. The first-order valence-corrected chi connectivity index (χ1v) is 10.8. The Bertz CT molecular complexity index is 1180. The van der Waals surface area contributed by atoms with E-state index in [0.717, 1.165) is 15.4 Å². The summed E-state index contributed by atoms with van der Waals surface area (Å²) in [5.74, 6) is -1.24. The van der Waals surface area contributed by atoms with Crippen LogP contribution in [0.15, 0.2) is 71.6 Å². The van der Waals surface area contributed by atoms with Crippen molar-refractivity contribution in [2.45, 2.75) is 25.7 Å². The van der Waals surface area contributed by atoms with Gasteiger partial charge in [0, 0.05) is 0 Å². The van der Waals surface area contributed by atoms with Crippen LogP contribution in [0.4, 0.5) is 15.8 Å². The second kappa shape index (κ2) is 8.67. The third-order valence-electron chi connectivity index (χ3n) is 4.67. The van der Waals surface area contributed by atoms with Crippen LogP contribution in [0.2, 0.25) is 0 Å². The van der Waals surface area contributed by atoms with Gasteiger partial charge in [-0.25, -0.2) is 12.8 Å². The fraction of sp³-hybridized carbons (Fsp3) is 0.174. The molecule has 0 fully saturated rings. The number of rotatable bonds is 6. The Kier molecular flexibility index (Phi) is 6.22. The number of nitrogens with one attached hydrogen (secondary N) is 1. The summed E-state index contributed by atoms with van der Waals surface area (Å²) in [5, 5.41) is 2.45. The average molecular weight is 427 g/mol. The standard InChI is InChI=1S/C23H23FN2O3S/c1-16-8-11-19(12-9-16)30(28,29)26(22-13-10-17(2)14-18(22)3)15-23(27)25-21-7-5-4-6-20(21)24/h4-14H,15H2,1-3H3,(H,25,27). The Balaban J connectivity index is 2.00. The van der Waals surface area contributed by atoms with Gasteiger partial charge in [0.05, 0.1) is 16.3 Å². The number of anilines is 2. The van der Waals surface area contributed by atoms with Gasteiger partial charge in [-0.1, -0.05) is 47.5 Å². The van der Waals surface area contributed by atoms with Gasteiger partial charge in [0.2, 0.25) is 5.91 Å². The quantitative estimate of drug-likeness (QED) is 0.627. The molecule has 156 valence electrons. The zero-order chi connectivity index (χ0) is 21.9. The number of carbonyl (C=O) groups excluding carboxylic acids is 1. The molecule has 0 aliphatic heterocycles. The summed E-state index contributed by atoms with van der Waals surface area (Å²) in [6, 6.07) is 17.5. The summed E-state index contributed by atoms with van der Waals surface area (Å²) >= 11 is 0. The molecule has 30 heavy (non-hydrogen) atoms. The molecule has 0 aliphatic rings. The Morgan fingerprint density at radius 3 is 2.20 bits per heavy atom. The van der Waals surface area contributed by atoms with Crippen molar-refractivity contribution in [3.63, 3.8) is 0 Å². The Morgan fingerprint density at radius 2 is 1.57 bits per heavy atom. The highest BCUT2D eigenvalue weighted by Crippen LogP contribution is 2.28. The van der Waals surface area contributed by atoms with Crippen LogP contribution in [-0.2, 0) is 14.8 Å². The Morgan fingerprint density at radius 1 is 0.933 bits per heavy atom. The van der Waals surface area contributed by atoms with Crippen molar-refractivity contribution < 1.29 is 17.6 Å². The third kappa shape index (κ3) is 4.68. The molecule has 1 N–H and O–H groups in total. The molecule has 7 heteroatoms. The fourth-order valence-corrected chi connectivity index (χ4v) is 4.59. The summed E-state index contributed by atoms with van der Waals surface area (Å²) in [5.41, 5.74) is 2.99. The third-order valence-corrected chi connectivity index (χ3v) is 6.44. The maximum atomic E-state index is 13.9. The average Bonchev–Trinajstić information content (AvgIpc) is 2.69. The van der Waals surface area contributed by atoms with E-state index >= 15 is 0 Å². The molecular formula is C23H23FN2O3S. The number of halogens is 1. The molecule has 0 saturated carbocycles. The van der Waals surface area contributed by atoms with Crippen molar-refractivity contribution >= 4 is 27.3 Å². The molecule has 0 radical (unpaired) electrons. The van der Waals surface area contributed by atoms with Gasteiger partial charge in [0.25, 0.3) is 10.0 Å². The lowest BCUT2D eigenvalue weighted by molar-refractivity contribution is -0.114. The lowest BCUT2D eigenvalue weighted by Crippen LogP contribution is -2.38. The van der Waals surface area contributed by atoms with Gasteiger partial charge in [-0.05, 0) is 56.7 Å². The van der Waals surface area contributed by atoms with E-state index in [9.17, 15) is 17.6 Å². The van der Waals surface area contributed by atoms with Crippen LogP contribution in [0.5, 0.6) is 0 Å². The first kappa shape index (κ1) is 21.5. The van der Waals surface area contributed by atoms with Crippen LogP contribution in [0.1, 0.15) is 16.7 Å². The van der Waals surface area contributed by atoms with Crippen LogP contribution >= 0.6 is 0 Å². The Labute approximate surface area is 176 Å². The van der Waals surface area contributed by atoms with Crippen LogP contribution in [0.25, 0.3) is 0 Å². The summed E-state index contributed by atoms with van der Waals surface area (Å²) < 4.78 is 41.8. The number of amides is 1. The van der Waals surface area contributed by atoms with E-state index in [1.54, 1.807) is 37.3 Å². The number of benzene rings is 3. The highest BCUT2D eigenvalue weighted by molar-refractivity contribution is 7.92. The number of hydrogen-bond acceptors (Lipinski definition) is 3. The summed E-state index contributed by atoms with van der Waals surface area (Å²) in [6.45, 7) is 5.06. The zero-order valence-corrected chi connectivity index (χ0v) is 17.8. The first-order chi connectivity index (χ1) is 14.2. The van der Waals surface area contributed by atoms with E-state index in [0.29, 0.717) is 11.3 Å². The molecule has 0 aromatic heterocycles. The number of carbonyl (C=O) groups is 1. The number of para-hydroxylation sites is 1. The van der Waals surface area contributed by atoms with E-state index in [-0.39, 0.29) is 10.6 Å². The van der Waals surface area contributed by atoms with Crippen LogP contribution in [-0.4, -0.2) is 20.9 Å². The Hall–Kier alpha value is -3.19. The van der Waals surface area contributed by atoms with Crippen LogP contribution < -0.4 is 9.62 Å². The maximum absolute atomic E-state index is 13.9. The second-order valence-electron chi connectivity index (χ2n) is 7.14. The molecule has 0 saturated heterocycles. The van der Waals surface area contributed by atoms with Crippen LogP contribution in [0.3, 0.4) is 0 Å². The molecule has 0 heterocycles. The SMILES string of the molecule is Cc1ccc(S(=O)(=O)N(CC(=O)Nc2ccccc2F)c2ccc(C)cc2C)cc1. The van der Waals surface area contributed by atoms with Gasteiger partial charge in [-0.15, -0.1) is 0 Å². The minimum absolute atomic E-state index is 0.00388. The van der Waals surface area contributed by atoms with E-state index in [1.807, 2.05) is 19.9 Å². The van der Waals surface area contributed by atoms with Crippen molar-refractivity contribution in [1.29, 1.82) is 0 Å². The fourth-order valence-electron chi connectivity index (χ4n) is 3.11. The van der Waals surface area contributed by atoms with Gasteiger partial charge in [-0.3, -0.25) is 9.10 Å². The van der Waals surface area contributed by atoms with E-state index < -0.39 is 28.3 Å². The number of aryl methyl sites for hydroxylation is 3. The molecule has 1 amide bonds. The van der Waals surface area contributed by atoms with Gasteiger partial charge in [0.15, 0.2) is 0 Å². The second-order valence-corrected chi connectivity index (χ2v) is 9.01. The maximum Gasteiger partial charge on any atom is 0.264 e. The zero-order valence-electron chi connectivity index (χ0n) is 17.0. The molecule has 0 spiro atoms. The first-order valence-electron chi connectivity index (χ1n) is 9.39. The van der Waals surface area contributed by atoms with E-state index in [4.69, 9.17) is 0 Å². The predicted octanol–water partition coefficient (Wildman–Crippen LogP) is 4.58. The molecular weight excluding hydrogens is 403 g/mol. The normalized spacial score (nSPS) is 11.2. The smallest absolute Gasteiger partial charge is 0.264 e. The molecule has 3 rings (SSSR count). The number of nitrogens with zero attached hydrogens (tertiary/aromatic N) is 1. The molecule has 3 aromatic rings. The summed E-state index contributed by atoms with van der Waals surface area (Å²) in [7, 11) is -4.02. The summed E-state index contributed by atoms with van der Waals surface area (Å²) in [4.78, 5) is 12.8. The largest absolute Gasteiger partial charge is 0.322 e. The van der Waals surface area contributed by atoms with Crippen molar-refractivity contribution in [3.05, 3.63) is 89.2 Å². The highest BCUT2D eigenvalue weighted by atomic mass is 32.2. The highest BCUT2D eigenvalue weighted by Gasteiger charge is 2.28.